The van der Waals surface area contributed by atoms with E-state index in [4.69, 9.17) is 11.6 Å². The molecule has 1 unspecified atom stereocenters. The van der Waals surface area contributed by atoms with Gasteiger partial charge in [0, 0.05) is 25.7 Å². The molecule has 1 aromatic heterocycles. The van der Waals surface area contributed by atoms with Crippen LogP contribution in [0.3, 0.4) is 0 Å². The topological polar surface area (TPSA) is 20.2 Å². The van der Waals surface area contributed by atoms with Gasteiger partial charge in [-0.2, -0.15) is 0 Å². The van der Waals surface area contributed by atoms with E-state index >= 15 is 0 Å². The van der Waals surface area contributed by atoms with E-state index in [2.05, 4.69) is 35.0 Å². The molecule has 1 nitrogen and oxygen atoms in total. The Morgan fingerprint density at radius 3 is 2.61 bits per heavy atom. The first-order valence-electron chi connectivity index (χ1n) is 5.80. The molecule has 0 aliphatic heterocycles. The van der Waals surface area contributed by atoms with E-state index in [0.717, 1.165) is 16.5 Å². The lowest BCUT2D eigenvalue weighted by Gasteiger charge is -2.10. The summed E-state index contributed by atoms with van der Waals surface area (Å²) in [5, 5.41) is 10.9. The third-order valence-electron chi connectivity index (χ3n) is 2.73. The molecular formula is C14H14BrClOS. The van der Waals surface area contributed by atoms with E-state index in [1.54, 1.807) is 11.3 Å². The van der Waals surface area contributed by atoms with Gasteiger partial charge in [-0.3, -0.25) is 0 Å². The third-order valence-corrected chi connectivity index (χ3v) is 4.66. The zero-order chi connectivity index (χ0) is 13.1. The third kappa shape index (κ3) is 3.58. The average Bonchev–Trinajstić information content (AvgIpc) is 2.75. The van der Waals surface area contributed by atoms with Crippen LogP contribution in [-0.2, 0) is 12.8 Å². The van der Waals surface area contributed by atoms with Crippen molar-refractivity contribution in [2.45, 2.75) is 25.9 Å². The molecule has 0 saturated carbocycles. The fraction of sp³-hybridized carbons (Fsp3) is 0.286. The van der Waals surface area contributed by atoms with E-state index in [1.807, 2.05) is 18.2 Å². The fourth-order valence-corrected chi connectivity index (χ4v) is 3.68. The minimum atomic E-state index is -0.511. The second-order valence-electron chi connectivity index (χ2n) is 4.14. The Kier molecular flexibility index (Phi) is 4.84. The van der Waals surface area contributed by atoms with Crippen LogP contribution in [0, 0.1) is 0 Å². The number of aliphatic hydroxyl groups excluding tert-OH is 1. The van der Waals surface area contributed by atoms with Crippen LogP contribution in [0.4, 0.5) is 0 Å². The standard InChI is InChI=1S/C14H14BrClOS/c1-2-12-3-4-13(18-12)8-14(17)9-5-10(15)7-11(16)6-9/h3-7,14,17H,2,8H2,1H3. The molecule has 2 rings (SSSR count). The summed E-state index contributed by atoms with van der Waals surface area (Å²) in [4.78, 5) is 2.56. The Hall–Kier alpha value is -0.350. The molecule has 0 aliphatic rings. The molecule has 1 aromatic carbocycles. The lowest BCUT2D eigenvalue weighted by molar-refractivity contribution is 0.179. The average molecular weight is 346 g/mol. The van der Waals surface area contributed by atoms with Crippen molar-refractivity contribution in [3.05, 3.63) is 55.1 Å². The summed E-state index contributed by atoms with van der Waals surface area (Å²) in [5.74, 6) is 0. The molecule has 96 valence electrons. The zero-order valence-corrected chi connectivity index (χ0v) is 13.1. The Morgan fingerprint density at radius 1 is 1.28 bits per heavy atom. The van der Waals surface area contributed by atoms with Crippen molar-refractivity contribution in [1.82, 2.24) is 0 Å². The van der Waals surface area contributed by atoms with Crippen molar-refractivity contribution < 1.29 is 5.11 Å². The van der Waals surface area contributed by atoms with Gasteiger partial charge in [-0.15, -0.1) is 11.3 Å². The smallest absolute Gasteiger partial charge is 0.0839 e. The van der Waals surface area contributed by atoms with Crippen molar-refractivity contribution in [2.75, 3.05) is 0 Å². The van der Waals surface area contributed by atoms with Gasteiger partial charge in [0.1, 0.15) is 0 Å². The molecule has 0 bridgehead atoms. The number of thiophene rings is 1. The highest BCUT2D eigenvalue weighted by atomic mass is 79.9. The van der Waals surface area contributed by atoms with Gasteiger partial charge < -0.3 is 5.11 Å². The maximum atomic E-state index is 10.2. The van der Waals surface area contributed by atoms with E-state index in [0.29, 0.717) is 11.4 Å². The van der Waals surface area contributed by atoms with Gasteiger partial charge in [-0.1, -0.05) is 34.5 Å². The SMILES string of the molecule is CCc1ccc(CC(O)c2cc(Cl)cc(Br)c2)s1. The second-order valence-corrected chi connectivity index (χ2v) is 6.75. The number of halogens is 2. The lowest BCUT2D eigenvalue weighted by atomic mass is 10.1. The van der Waals surface area contributed by atoms with Gasteiger partial charge in [0.25, 0.3) is 0 Å². The monoisotopic (exact) mass is 344 g/mol. The van der Waals surface area contributed by atoms with Gasteiger partial charge in [-0.05, 0) is 42.3 Å². The number of aliphatic hydroxyl groups is 1. The van der Waals surface area contributed by atoms with Gasteiger partial charge in [-0.25, -0.2) is 0 Å². The van der Waals surface area contributed by atoms with Crippen molar-refractivity contribution >= 4 is 38.9 Å². The Morgan fingerprint density at radius 2 is 2.00 bits per heavy atom. The highest BCUT2D eigenvalue weighted by Gasteiger charge is 2.11. The summed E-state index contributed by atoms with van der Waals surface area (Å²) in [6.45, 7) is 2.14. The first kappa shape index (κ1) is 14.1. The molecule has 0 fully saturated rings. The number of hydrogen-bond acceptors (Lipinski definition) is 2. The Balaban J connectivity index is 2.13. The first-order valence-corrected chi connectivity index (χ1v) is 7.79. The second kappa shape index (κ2) is 6.20. The van der Waals surface area contributed by atoms with Crippen LogP contribution in [0.2, 0.25) is 5.02 Å². The number of benzene rings is 1. The van der Waals surface area contributed by atoms with E-state index < -0.39 is 6.10 Å². The Labute approximate surface area is 125 Å². The minimum absolute atomic E-state index is 0.511. The summed E-state index contributed by atoms with van der Waals surface area (Å²) in [5.41, 5.74) is 0.848. The normalized spacial score (nSPS) is 12.7. The number of rotatable bonds is 4. The van der Waals surface area contributed by atoms with Crippen LogP contribution < -0.4 is 0 Å². The van der Waals surface area contributed by atoms with Gasteiger partial charge in [0.05, 0.1) is 6.10 Å². The van der Waals surface area contributed by atoms with Gasteiger partial charge in [0.2, 0.25) is 0 Å². The van der Waals surface area contributed by atoms with E-state index in [1.165, 1.54) is 9.75 Å². The molecular weight excluding hydrogens is 332 g/mol. The molecule has 4 heteroatoms. The predicted octanol–water partition coefficient (Wildman–Crippen LogP) is 5.00. The highest BCUT2D eigenvalue weighted by Crippen LogP contribution is 2.28. The first-order chi connectivity index (χ1) is 8.58. The maximum Gasteiger partial charge on any atom is 0.0839 e. The number of aryl methyl sites for hydroxylation is 1. The van der Waals surface area contributed by atoms with Crippen LogP contribution in [0.1, 0.15) is 28.3 Å². The molecule has 2 aromatic rings. The Bertz CT molecular complexity index is 518. The molecule has 0 spiro atoms. The van der Waals surface area contributed by atoms with Crippen molar-refractivity contribution in [1.29, 1.82) is 0 Å². The summed E-state index contributed by atoms with van der Waals surface area (Å²) in [6, 6.07) is 9.75. The fourth-order valence-electron chi connectivity index (χ4n) is 1.80. The molecule has 1 atom stereocenters. The molecule has 1 heterocycles. The van der Waals surface area contributed by atoms with Crippen LogP contribution in [0.5, 0.6) is 0 Å². The van der Waals surface area contributed by atoms with Gasteiger partial charge >= 0.3 is 0 Å². The summed E-state index contributed by atoms with van der Waals surface area (Å²) in [6.07, 6.45) is 1.17. The van der Waals surface area contributed by atoms with E-state index in [9.17, 15) is 5.11 Å². The van der Waals surface area contributed by atoms with Crippen LogP contribution in [0.25, 0.3) is 0 Å². The molecule has 0 amide bonds. The maximum absolute atomic E-state index is 10.2. The summed E-state index contributed by atoms with van der Waals surface area (Å²) in [7, 11) is 0. The minimum Gasteiger partial charge on any atom is -0.388 e. The van der Waals surface area contributed by atoms with E-state index in [-0.39, 0.29) is 0 Å². The predicted molar refractivity (Wildman–Crippen MR) is 81.5 cm³/mol. The van der Waals surface area contributed by atoms with Crippen LogP contribution >= 0.6 is 38.9 Å². The molecule has 0 radical (unpaired) electrons. The summed E-state index contributed by atoms with van der Waals surface area (Å²) < 4.78 is 0.893. The van der Waals surface area contributed by atoms with Gasteiger partial charge in [0.15, 0.2) is 0 Å². The molecule has 18 heavy (non-hydrogen) atoms. The summed E-state index contributed by atoms with van der Waals surface area (Å²) >= 11 is 11.1. The highest BCUT2D eigenvalue weighted by molar-refractivity contribution is 9.10. The van der Waals surface area contributed by atoms with Crippen molar-refractivity contribution in [3.63, 3.8) is 0 Å². The quantitative estimate of drug-likeness (QED) is 0.826. The van der Waals surface area contributed by atoms with Crippen LogP contribution in [-0.4, -0.2) is 5.11 Å². The lowest BCUT2D eigenvalue weighted by Crippen LogP contribution is -2.00. The molecule has 0 saturated heterocycles. The number of hydrogen-bond donors (Lipinski definition) is 1. The van der Waals surface area contributed by atoms with Crippen LogP contribution in [0.15, 0.2) is 34.8 Å². The zero-order valence-electron chi connectivity index (χ0n) is 9.99. The van der Waals surface area contributed by atoms with Crippen molar-refractivity contribution in [2.24, 2.45) is 0 Å². The van der Waals surface area contributed by atoms with Crippen molar-refractivity contribution in [3.8, 4) is 0 Å². The molecule has 1 N–H and O–H groups in total. The molecule has 0 aliphatic carbocycles. The largest absolute Gasteiger partial charge is 0.388 e.